The van der Waals surface area contributed by atoms with E-state index in [-0.39, 0.29) is 6.10 Å². The zero-order valence-corrected chi connectivity index (χ0v) is 7.07. The summed E-state index contributed by atoms with van der Waals surface area (Å²) in [6.45, 7) is 1.78. The molecule has 1 aliphatic carbocycles. The molecule has 0 radical (unpaired) electrons. The monoisotopic (exact) mass is 164 g/mol. The van der Waals surface area contributed by atoms with Gasteiger partial charge in [0.1, 0.15) is 6.10 Å². The molecular weight excluding hydrogens is 152 g/mol. The summed E-state index contributed by atoms with van der Waals surface area (Å²) in [6, 6.07) is 0. The molecule has 0 aromatic heterocycles. The van der Waals surface area contributed by atoms with Crippen LogP contribution in [0.3, 0.4) is 0 Å². The number of allylic oxidation sites excluding steroid dienone is 4. The summed E-state index contributed by atoms with van der Waals surface area (Å²) in [4.78, 5) is 10.4. The second kappa shape index (κ2) is 4.54. The van der Waals surface area contributed by atoms with Crippen molar-refractivity contribution in [1.82, 2.24) is 0 Å². The highest BCUT2D eigenvalue weighted by Crippen LogP contribution is 2.10. The molecule has 12 heavy (non-hydrogen) atoms. The maximum atomic E-state index is 10.4. The van der Waals surface area contributed by atoms with Gasteiger partial charge in [-0.15, -0.1) is 0 Å². The van der Waals surface area contributed by atoms with E-state index in [1.165, 1.54) is 0 Å². The predicted octanol–water partition coefficient (Wildman–Crippen LogP) is 1.99. The van der Waals surface area contributed by atoms with Crippen LogP contribution in [-0.4, -0.2) is 12.4 Å². The third-order valence-corrected chi connectivity index (χ3v) is 1.63. The molecule has 1 aliphatic rings. The SMILES string of the molecule is C/C=C(/C=O)OC1C=CC=CC1. The van der Waals surface area contributed by atoms with Gasteiger partial charge in [-0.05, 0) is 19.1 Å². The topological polar surface area (TPSA) is 26.3 Å². The lowest BCUT2D eigenvalue weighted by atomic mass is 10.1. The second-order valence-electron chi connectivity index (χ2n) is 2.51. The molecule has 0 aromatic rings. The van der Waals surface area contributed by atoms with Gasteiger partial charge in [-0.1, -0.05) is 18.2 Å². The van der Waals surface area contributed by atoms with Crippen molar-refractivity contribution in [2.24, 2.45) is 0 Å². The highest BCUT2D eigenvalue weighted by Gasteiger charge is 2.06. The smallest absolute Gasteiger partial charge is 0.184 e. The Morgan fingerprint density at radius 2 is 2.42 bits per heavy atom. The summed E-state index contributed by atoms with van der Waals surface area (Å²) in [7, 11) is 0. The first kappa shape index (κ1) is 8.78. The Bertz CT molecular complexity index is 236. The minimum Gasteiger partial charge on any atom is -0.483 e. The number of carbonyl (C=O) groups is 1. The van der Waals surface area contributed by atoms with Crippen molar-refractivity contribution >= 4 is 6.29 Å². The van der Waals surface area contributed by atoms with Gasteiger partial charge >= 0.3 is 0 Å². The number of aldehydes is 1. The molecule has 0 saturated carbocycles. The van der Waals surface area contributed by atoms with E-state index in [4.69, 9.17) is 4.74 Å². The molecule has 0 amide bonds. The third-order valence-electron chi connectivity index (χ3n) is 1.63. The van der Waals surface area contributed by atoms with Gasteiger partial charge in [-0.3, -0.25) is 4.79 Å². The molecule has 0 spiro atoms. The Labute approximate surface area is 72.2 Å². The lowest BCUT2D eigenvalue weighted by Gasteiger charge is -2.14. The Balaban J connectivity index is 2.46. The molecule has 0 heterocycles. The van der Waals surface area contributed by atoms with Crippen LogP contribution in [0.5, 0.6) is 0 Å². The zero-order chi connectivity index (χ0) is 8.81. The molecule has 2 nitrogen and oxygen atoms in total. The highest BCUT2D eigenvalue weighted by atomic mass is 16.5. The molecule has 64 valence electrons. The van der Waals surface area contributed by atoms with E-state index in [1.807, 2.05) is 24.3 Å². The van der Waals surface area contributed by atoms with Crippen molar-refractivity contribution in [2.45, 2.75) is 19.4 Å². The summed E-state index contributed by atoms with van der Waals surface area (Å²) in [5, 5.41) is 0. The van der Waals surface area contributed by atoms with E-state index < -0.39 is 0 Å². The maximum Gasteiger partial charge on any atom is 0.184 e. The van der Waals surface area contributed by atoms with E-state index in [1.54, 1.807) is 13.0 Å². The van der Waals surface area contributed by atoms with Crippen molar-refractivity contribution in [1.29, 1.82) is 0 Å². The van der Waals surface area contributed by atoms with Gasteiger partial charge < -0.3 is 4.74 Å². The maximum absolute atomic E-state index is 10.4. The van der Waals surface area contributed by atoms with Gasteiger partial charge in [-0.2, -0.15) is 0 Å². The van der Waals surface area contributed by atoms with Gasteiger partial charge in [0, 0.05) is 6.42 Å². The van der Waals surface area contributed by atoms with Crippen LogP contribution in [0.4, 0.5) is 0 Å². The first-order valence-corrected chi connectivity index (χ1v) is 3.98. The lowest BCUT2D eigenvalue weighted by molar-refractivity contribution is -0.108. The summed E-state index contributed by atoms with van der Waals surface area (Å²) in [6.07, 6.45) is 11.1. The van der Waals surface area contributed by atoms with Crippen LogP contribution in [-0.2, 0) is 9.53 Å². The minimum absolute atomic E-state index is 0.0198. The Kier molecular flexibility index (Phi) is 3.33. The molecule has 0 bridgehead atoms. The minimum atomic E-state index is 0.0198. The number of rotatable bonds is 3. The number of ether oxygens (including phenoxy) is 1. The van der Waals surface area contributed by atoms with E-state index in [0.717, 1.165) is 12.7 Å². The van der Waals surface area contributed by atoms with Gasteiger partial charge in [0.2, 0.25) is 0 Å². The molecule has 0 aromatic carbocycles. The Morgan fingerprint density at radius 3 is 2.92 bits per heavy atom. The molecule has 0 N–H and O–H groups in total. The van der Waals surface area contributed by atoms with Gasteiger partial charge in [-0.25, -0.2) is 0 Å². The van der Waals surface area contributed by atoms with Crippen molar-refractivity contribution < 1.29 is 9.53 Å². The van der Waals surface area contributed by atoms with E-state index in [2.05, 4.69) is 0 Å². The molecule has 0 fully saturated rings. The number of hydrogen-bond acceptors (Lipinski definition) is 2. The molecule has 1 rings (SSSR count). The molecule has 1 unspecified atom stereocenters. The van der Waals surface area contributed by atoms with Gasteiger partial charge in [0.05, 0.1) is 0 Å². The summed E-state index contributed by atoms with van der Waals surface area (Å²) >= 11 is 0. The summed E-state index contributed by atoms with van der Waals surface area (Å²) < 4.78 is 5.34. The van der Waals surface area contributed by atoms with Crippen molar-refractivity contribution in [3.05, 3.63) is 36.1 Å². The van der Waals surface area contributed by atoms with Crippen molar-refractivity contribution in [3.8, 4) is 0 Å². The summed E-state index contributed by atoms with van der Waals surface area (Å²) in [5.41, 5.74) is 0. The van der Waals surface area contributed by atoms with E-state index in [0.29, 0.717) is 5.76 Å². The average Bonchev–Trinajstić information content (AvgIpc) is 2.16. The zero-order valence-electron chi connectivity index (χ0n) is 7.07. The fourth-order valence-electron chi connectivity index (χ4n) is 0.984. The van der Waals surface area contributed by atoms with Crippen LogP contribution in [0.2, 0.25) is 0 Å². The average molecular weight is 164 g/mol. The standard InChI is InChI=1S/C10H12O2/c1-2-9(8-11)12-10-6-4-3-5-7-10/h2-6,8,10H,7H2,1H3/b9-2-. The Morgan fingerprint density at radius 1 is 1.58 bits per heavy atom. The van der Waals surface area contributed by atoms with Crippen LogP contribution < -0.4 is 0 Å². The number of hydrogen-bond donors (Lipinski definition) is 0. The van der Waals surface area contributed by atoms with Crippen LogP contribution >= 0.6 is 0 Å². The predicted molar refractivity (Wildman–Crippen MR) is 47.6 cm³/mol. The van der Waals surface area contributed by atoms with Crippen LogP contribution in [0.1, 0.15) is 13.3 Å². The molecular formula is C10H12O2. The van der Waals surface area contributed by atoms with Crippen LogP contribution in [0.25, 0.3) is 0 Å². The highest BCUT2D eigenvalue weighted by molar-refractivity contribution is 5.70. The first-order chi connectivity index (χ1) is 5.86. The van der Waals surface area contributed by atoms with Crippen molar-refractivity contribution in [2.75, 3.05) is 0 Å². The largest absolute Gasteiger partial charge is 0.483 e. The molecule has 1 atom stereocenters. The quantitative estimate of drug-likeness (QED) is 0.362. The molecule has 0 saturated heterocycles. The fraction of sp³-hybridized carbons (Fsp3) is 0.300. The lowest BCUT2D eigenvalue weighted by Crippen LogP contribution is -2.10. The molecule has 2 heteroatoms. The first-order valence-electron chi connectivity index (χ1n) is 3.98. The van der Waals surface area contributed by atoms with E-state index >= 15 is 0 Å². The van der Waals surface area contributed by atoms with Gasteiger partial charge in [0.25, 0.3) is 0 Å². The normalized spacial score (nSPS) is 22.4. The van der Waals surface area contributed by atoms with Crippen LogP contribution in [0, 0.1) is 0 Å². The fourth-order valence-corrected chi connectivity index (χ4v) is 0.984. The molecule has 0 aliphatic heterocycles. The van der Waals surface area contributed by atoms with Crippen LogP contribution in [0.15, 0.2) is 36.1 Å². The van der Waals surface area contributed by atoms with E-state index in [9.17, 15) is 4.79 Å². The summed E-state index contributed by atoms with van der Waals surface area (Å²) in [5.74, 6) is 0.403. The second-order valence-corrected chi connectivity index (χ2v) is 2.51. The van der Waals surface area contributed by atoms with Gasteiger partial charge in [0.15, 0.2) is 12.0 Å². The number of carbonyl (C=O) groups excluding carboxylic acids is 1. The Hall–Kier alpha value is -1.31. The van der Waals surface area contributed by atoms with Crippen molar-refractivity contribution in [3.63, 3.8) is 0 Å². The third kappa shape index (κ3) is 2.38.